The zero-order chi connectivity index (χ0) is 18.5. The van der Waals surface area contributed by atoms with E-state index in [9.17, 15) is 4.79 Å². The first-order valence-corrected chi connectivity index (χ1v) is 8.69. The Hall–Kier alpha value is -2.96. The van der Waals surface area contributed by atoms with Crippen LogP contribution in [-0.2, 0) is 18.3 Å². The van der Waals surface area contributed by atoms with Crippen molar-refractivity contribution in [2.75, 3.05) is 0 Å². The predicted molar refractivity (Wildman–Crippen MR) is 97.0 cm³/mol. The topological polar surface area (TPSA) is 85.8 Å². The zero-order valence-corrected chi connectivity index (χ0v) is 15.2. The molecule has 3 rings (SSSR count). The molecule has 7 nitrogen and oxygen atoms in total. The van der Waals surface area contributed by atoms with Gasteiger partial charge in [-0.25, -0.2) is 4.98 Å². The summed E-state index contributed by atoms with van der Waals surface area (Å²) in [6, 6.07) is 9.47. The van der Waals surface area contributed by atoms with Gasteiger partial charge < -0.3 is 14.4 Å². The third kappa shape index (κ3) is 4.17. The van der Waals surface area contributed by atoms with E-state index in [0.29, 0.717) is 18.1 Å². The number of imidazole rings is 1. The number of aryl methyl sites for hydroxylation is 2. The highest BCUT2D eigenvalue weighted by Gasteiger charge is 2.22. The van der Waals surface area contributed by atoms with Gasteiger partial charge in [0.15, 0.2) is 0 Å². The minimum absolute atomic E-state index is 0.0637. The van der Waals surface area contributed by atoms with Gasteiger partial charge >= 0.3 is 0 Å². The minimum Gasteiger partial charge on any atom is -0.346 e. The lowest BCUT2D eigenvalue weighted by atomic mass is 10.0. The van der Waals surface area contributed by atoms with Crippen LogP contribution in [0.4, 0.5) is 0 Å². The maximum Gasteiger partial charge on any atom is 0.227 e. The Balaban J connectivity index is 1.59. The summed E-state index contributed by atoms with van der Waals surface area (Å²) in [6.45, 7) is 4.12. The third-order valence-electron chi connectivity index (χ3n) is 4.19. The fraction of sp³-hybridized carbons (Fsp3) is 0.368. The van der Waals surface area contributed by atoms with Crippen LogP contribution in [0.1, 0.15) is 38.0 Å². The van der Waals surface area contributed by atoms with E-state index in [1.54, 1.807) is 6.20 Å². The van der Waals surface area contributed by atoms with E-state index >= 15 is 0 Å². The number of aromatic nitrogens is 4. The molecule has 0 spiro atoms. The van der Waals surface area contributed by atoms with E-state index in [1.807, 2.05) is 48.1 Å². The molecule has 0 aliphatic carbocycles. The fourth-order valence-corrected chi connectivity index (χ4v) is 2.73. The normalized spacial score (nSPS) is 12.3. The average molecular weight is 353 g/mol. The van der Waals surface area contributed by atoms with Crippen molar-refractivity contribution in [1.82, 2.24) is 25.0 Å². The summed E-state index contributed by atoms with van der Waals surface area (Å²) in [5, 5.41) is 7.03. The van der Waals surface area contributed by atoms with E-state index in [2.05, 4.69) is 34.3 Å². The summed E-state index contributed by atoms with van der Waals surface area (Å²) in [5.74, 6) is 2.00. The third-order valence-corrected chi connectivity index (χ3v) is 4.19. The lowest BCUT2D eigenvalue weighted by molar-refractivity contribution is -0.122. The molecular weight excluding hydrogens is 330 g/mol. The van der Waals surface area contributed by atoms with E-state index in [1.165, 1.54) is 0 Å². The molecule has 0 saturated heterocycles. The van der Waals surface area contributed by atoms with Crippen LogP contribution in [0.2, 0.25) is 0 Å². The van der Waals surface area contributed by atoms with Crippen LogP contribution in [0.5, 0.6) is 0 Å². The molecule has 0 bridgehead atoms. The lowest BCUT2D eigenvalue weighted by Gasteiger charge is -2.22. The van der Waals surface area contributed by atoms with Crippen LogP contribution in [0.3, 0.4) is 0 Å². The fourth-order valence-electron chi connectivity index (χ4n) is 2.73. The molecule has 0 aliphatic rings. The maximum absolute atomic E-state index is 12.4. The van der Waals surface area contributed by atoms with Crippen LogP contribution in [0, 0.1) is 5.92 Å². The van der Waals surface area contributed by atoms with Gasteiger partial charge in [-0.2, -0.15) is 4.98 Å². The smallest absolute Gasteiger partial charge is 0.227 e. The standard InChI is InChI=1S/C19H23N5O2/c1-13(2)17(19-20-11-12-24(19)3)21-15(25)9-10-16-22-18(23-26-16)14-7-5-4-6-8-14/h4-8,11-13,17H,9-10H2,1-3H3,(H,21,25)/t17-/m0/s1. The van der Waals surface area contributed by atoms with Gasteiger partial charge in [0.2, 0.25) is 17.6 Å². The monoisotopic (exact) mass is 353 g/mol. The number of hydrogen-bond donors (Lipinski definition) is 1. The first-order chi connectivity index (χ1) is 12.5. The Morgan fingerprint density at radius 2 is 2.04 bits per heavy atom. The van der Waals surface area contributed by atoms with E-state index in [0.717, 1.165) is 11.4 Å². The van der Waals surface area contributed by atoms with Gasteiger partial charge in [0.1, 0.15) is 5.82 Å². The van der Waals surface area contributed by atoms with Gasteiger partial charge in [0.25, 0.3) is 0 Å². The van der Waals surface area contributed by atoms with Crippen LogP contribution in [0.25, 0.3) is 11.4 Å². The molecule has 2 aromatic heterocycles. The van der Waals surface area contributed by atoms with Crippen LogP contribution >= 0.6 is 0 Å². The van der Waals surface area contributed by atoms with Crippen molar-refractivity contribution in [2.24, 2.45) is 13.0 Å². The zero-order valence-electron chi connectivity index (χ0n) is 15.2. The second-order valence-corrected chi connectivity index (χ2v) is 6.56. The predicted octanol–water partition coefficient (Wildman–Crippen LogP) is 2.92. The molecule has 2 heterocycles. The van der Waals surface area contributed by atoms with Crippen LogP contribution in [0.15, 0.2) is 47.2 Å². The van der Waals surface area contributed by atoms with Crippen molar-refractivity contribution in [2.45, 2.75) is 32.7 Å². The molecule has 136 valence electrons. The maximum atomic E-state index is 12.4. The molecule has 7 heteroatoms. The number of benzene rings is 1. The van der Waals surface area contributed by atoms with Crippen molar-refractivity contribution in [3.63, 3.8) is 0 Å². The van der Waals surface area contributed by atoms with Crippen molar-refractivity contribution < 1.29 is 9.32 Å². The number of nitrogens with zero attached hydrogens (tertiary/aromatic N) is 4. The second-order valence-electron chi connectivity index (χ2n) is 6.56. The number of rotatable bonds is 7. The van der Waals surface area contributed by atoms with E-state index < -0.39 is 0 Å². The molecule has 0 fully saturated rings. The number of carbonyl (C=O) groups excluding carboxylic acids is 1. The molecule has 3 aromatic rings. The van der Waals surface area contributed by atoms with Gasteiger partial charge in [-0.1, -0.05) is 49.3 Å². The van der Waals surface area contributed by atoms with Gasteiger partial charge in [-0.15, -0.1) is 0 Å². The molecule has 0 aliphatic heterocycles. The molecule has 0 unspecified atom stereocenters. The van der Waals surface area contributed by atoms with Crippen LogP contribution < -0.4 is 5.32 Å². The van der Waals surface area contributed by atoms with Gasteiger partial charge in [-0.3, -0.25) is 4.79 Å². The molecule has 1 atom stereocenters. The molecule has 26 heavy (non-hydrogen) atoms. The molecule has 0 saturated carbocycles. The summed E-state index contributed by atoms with van der Waals surface area (Å²) >= 11 is 0. The summed E-state index contributed by atoms with van der Waals surface area (Å²) in [7, 11) is 1.92. The first kappa shape index (κ1) is 17.8. The van der Waals surface area contributed by atoms with Gasteiger partial charge in [0, 0.05) is 37.8 Å². The van der Waals surface area contributed by atoms with Gasteiger partial charge in [0.05, 0.1) is 6.04 Å². The average Bonchev–Trinajstić information content (AvgIpc) is 3.27. The van der Waals surface area contributed by atoms with Crippen molar-refractivity contribution in [3.8, 4) is 11.4 Å². The van der Waals surface area contributed by atoms with Crippen molar-refractivity contribution in [1.29, 1.82) is 0 Å². The highest BCUT2D eigenvalue weighted by molar-refractivity contribution is 5.76. The molecular formula is C19H23N5O2. The molecule has 1 amide bonds. The summed E-state index contributed by atoms with van der Waals surface area (Å²) in [4.78, 5) is 21.1. The SMILES string of the molecule is CC(C)[C@H](NC(=O)CCc1nc(-c2ccccc2)no1)c1nccn1C. The Morgan fingerprint density at radius 1 is 1.27 bits per heavy atom. The quantitative estimate of drug-likeness (QED) is 0.706. The largest absolute Gasteiger partial charge is 0.346 e. The Kier molecular flexibility index (Phi) is 5.46. The van der Waals surface area contributed by atoms with Gasteiger partial charge in [-0.05, 0) is 5.92 Å². The highest BCUT2D eigenvalue weighted by atomic mass is 16.5. The van der Waals surface area contributed by atoms with Crippen LogP contribution in [-0.4, -0.2) is 25.6 Å². The second kappa shape index (κ2) is 7.95. The Morgan fingerprint density at radius 3 is 2.69 bits per heavy atom. The molecule has 1 aromatic carbocycles. The van der Waals surface area contributed by atoms with Crippen molar-refractivity contribution >= 4 is 5.91 Å². The summed E-state index contributed by atoms with van der Waals surface area (Å²) < 4.78 is 7.18. The molecule has 1 N–H and O–H groups in total. The summed E-state index contributed by atoms with van der Waals surface area (Å²) in [6.07, 6.45) is 4.29. The minimum atomic E-state index is -0.134. The number of amides is 1. The number of hydrogen-bond acceptors (Lipinski definition) is 5. The molecule has 0 radical (unpaired) electrons. The van der Waals surface area contributed by atoms with E-state index in [-0.39, 0.29) is 24.3 Å². The lowest BCUT2D eigenvalue weighted by Crippen LogP contribution is -2.33. The Bertz CT molecular complexity index is 854. The highest BCUT2D eigenvalue weighted by Crippen LogP contribution is 2.20. The summed E-state index contributed by atoms with van der Waals surface area (Å²) in [5.41, 5.74) is 0.890. The van der Waals surface area contributed by atoms with E-state index in [4.69, 9.17) is 4.52 Å². The first-order valence-electron chi connectivity index (χ1n) is 8.69. The number of carbonyl (C=O) groups is 1. The number of nitrogens with one attached hydrogen (secondary N) is 1. The Labute approximate surface area is 152 Å². The van der Waals surface area contributed by atoms with Crippen molar-refractivity contribution in [3.05, 3.63) is 54.4 Å².